The Labute approximate surface area is 114 Å². The zero-order valence-corrected chi connectivity index (χ0v) is 11.8. The Balaban J connectivity index is 1.93. The van der Waals surface area contributed by atoms with E-state index in [9.17, 15) is 0 Å². The van der Waals surface area contributed by atoms with Crippen LogP contribution in [0.5, 0.6) is 5.75 Å². The van der Waals surface area contributed by atoms with E-state index in [1.54, 1.807) is 6.33 Å². The highest BCUT2D eigenvalue weighted by molar-refractivity contribution is 5.28. The van der Waals surface area contributed by atoms with E-state index in [-0.39, 0.29) is 0 Å². The topological polar surface area (TPSA) is 39.1 Å². The van der Waals surface area contributed by atoms with Crippen molar-refractivity contribution in [1.82, 2.24) is 14.9 Å². The number of imidazole rings is 1. The number of ether oxygens (including phenoxy) is 1. The van der Waals surface area contributed by atoms with Gasteiger partial charge in [0.05, 0.1) is 18.2 Å². The fourth-order valence-corrected chi connectivity index (χ4v) is 1.75. The summed E-state index contributed by atoms with van der Waals surface area (Å²) in [4.78, 5) is 4.07. The molecule has 2 aromatic rings. The van der Waals surface area contributed by atoms with Gasteiger partial charge in [-0.3, -0.25) is 0 Å². The molecule has 0 aliphatic rings. The summed E-state index contributed by atoms with van der Waals surface area (Å²) in [7, 11) is 1.97. The van der Waals surface area contributed by atoms with Crippen molar-refractivity contribution in [2.45, 2.75) is 33.0 Å². The Kier molecular flexibility index (Phi) is 4.58. The fourth-order valence-electron chi connectivity index (χ4n) is 1.75. The van der Waals surface area contributed by atoms with E-state index in [0.717, 1.165) is 18.0 Å². The van der Waals surface area contributed by atoms with Crippen LogP contribution in [0.3, 0.4) is 0 Å². The van der Waals surface area contributed by atoms with Crippen LogP contribution in [-0.4, -0.2) is 15.6 Å². The summed E-state index contributed by atoms with van der Waals surface area (Å²) < 4.78 is 7.75. The Hall–Kier alpha value is -1.81. The van der Waals surface area contributed by atoms with Crippen LogP contribution in [-0.2, 0) is 20.2 Å². The van der Waals surface area contributed by atoms with Gasteiger partial charge in [-0.25, -0.2) is 4.98 Å². The Morgan fingerprint density at radius 3 is 2.89 bits per heavy atom. The van der Waals surface area contributed by atoms with Gasteiger partial charge in [0.1, 0.15) is 12.4 Å². The van der Waals surface area contributed by atoms with Crippen LogP contribution >= 0.6 is 0 Å². The molecule has 0 bridgehead atoms. The maximum atomic E-state index is 5.79. The summed E-state index contributed by atoms with van der Waals surface area (Å²) in [5, 5.41) is 3.40. The molecule has 0 saturated heterocycles. The molecular formula is C15H21N3O. The van der Waals surface area contributed by atoms with Crippen LogP contribution in [0.25, 0.3) is 0 Å². The molecule has 0 spiro atoms. The molecular weight excluding hydrogens is 238 g/mol. The molecule has 4 heteroatoms. The third-order valence-corrected chi connectivity index (χ3v) is 2.92. The first-order valence-electron chi connectivity index (χ1n) is 6.55. The minimum atomic E-state index is 0.485. The molecule has 0 amide bonds. The summed E-state index contributed by atoms with van der Waals surface area (Å²) >= 11 is 0. The molecule has 1 aromatic carbocycles. The molecule has 0 unspecified atom stereocenters. The molecule has 0 aliphatic carbocycles. The van der Waals surface area contributed by atoms with Crippen molar-refractivity contribution < 1.29 is 4.74 Å². The van der Waals surface area contributed by atoms with Crippen molar-refractivity contribution in [3.05, 3.63) is 48.0 Å². The highest BCUT2D eigenvalue weighted by atomic mass is 16.5. The molecule has 102 valence electrons. The van der Waals surface area contributed by atoms with E-state index in [2.05, 4.69) is 36.3 Å². The largest absolute Gasteiger partial charge is 0.487 e. The molecule has 4 nitrogen and oxygen atoms in total. The number of aryl methyl sites for hydroxylation is 1. The third-order valence-electron chi connectivity index (χ3n) is 2.92. The first-order valence-corrected chi connectivity index (χ1v) is 6.55. The van der Waals surface area contributed by atoms with E-state index in [4.69, 9.17) is 4.74 Å². The van der Waals surface area contributed by atoms with Crippen LogP contribution in [0.15, 0.2) is 36.8 Å². The van der Waals surface area contributed by atoms with Crippen LogP contribution in [0.4, 0.5) is 0 Å². The Morgan fingerprint density at radius 1 is 1.37 bits per heavy atom. The zero-order chi connectivity index (χ0) is 13.7. The summed E-state index contributed by atoms with van der Waals surface area (Å²) in [5.74, 6) is 0.893. The molecule has 19 heavy (non-hydrogen) atoms. The zero-order valence-electron chi connectivity index (χ0n) is 11.8. The lowest BCUT2D eigenvalue weighted by molar-refractivity contribution is 0.296. The minimum absolute atomic E-state index is 0.485. The number of aromatic nitrogens is 2. The van der Waals surface area contributed by atoms with Gasteiger partial charge < -0.3 is 14.6 Å². The average molecular weight is 259 g/mol. The molecule has 1 heterocycles. The number of nitrogens with zero attached hydrogens (tertiary/aromatic N) is 2. The highest BCUT2D eigenvalue weighted by Gasteiger charge is 2.01. The second kappa shape index (κ2) is 6.38. The van der Waals surface area contributed by atoms with Gasteiger partial charge in [0, 0.05) is 19.6 Å². The molecule has 0 atom stereocenters. The van der Waals surface area contributed by atoms with Crippen molar-refractivity contribution in [2.24, 2.45) is 7.05 Å². The quantitative estimate of drug-likeness (QED) is 0.866. The highest BCUT2D eigenvalue weighted by Crippen LogP contribution is 2.15. The van der Waals surface area contributed by atoms with E-state index in [1.165, 1.54) is 5.56 Å². The van der Waals surface area contributed by atoms with Crippen molar-refractivity contribution in [3.8, 4) is 5.75 Å². The first kappa shape index (κ1) is 13.6. The normalized spacial score (nSPS) is 10.9. The molecule has 2 rings (SSSR count). The van der Waals surface area contributed by atoms with Crippen molar-refractivity contribution in [1.29, 1.82) is 0 Å². The van der Waals surface area contributed by atoms with Gasteiger partial charge in [0.2, 0.25) is 0 Å². The predicted octanol–water partition coefficient (Wildman–Crippen LogP) is 2.50. The van der Waals surface area contributed by atoms with E-state index in [1.807, 2.05) is 29.9 Å². The van der Waals surface area contributed by atoms with Gasteiger partial charge in [-0.05, 0) is 17.7 Å². The Bertz CT molecular complexity index is 520. The first-order chi connectivity index (χ1) is 9.15. The summed E-state index contributed by atoms with van der Waals surface area (Å²) in [6.07, 6.45) is 3.60. The van der Waals surface area contributed by atoms with Crippen molar-refractivity contribution in [2.75, 3.05) is 0 Å². The number of rotatable bonds is 6. The number of benzene rings is 1. The van der Waals surface area contributed by atoms with Gasteiger partial charge in [0.25, 0.3) is 0 Å². The van der Waals surface area contributed by atoms with Crippen LogP contribution < -0.4 is 10.1 Å². The van der Waals surface area contributed by atoms with Gasteiger partial charge in [0.15, 0.2) is 0 Å². The average Bonchev–Trinajstić information content (AvgIpc) is 2.80. The second-order valence-electron chi connectivity index (χ2n) is 4.97. The third kappa shape index (κ3) is 4.10. The fraction of sp³-hybridized carbons (Fsp3) is 0.400. The molecule has 0 saturated carbocycles. The molecule has 1 aromatic heterocycles. The summed E-state index contributed by atoms with van der Waals surface area (Å²) in [5.41, 5.74) is 2.29. The molecule has 0 aliphatic heterocycles. The molecule has 0 radical (unpaired) electrons. The van der Waals surface area contributed by atoms with Crippen molar-refractivity contribution in [3.63, 3.8) is 0 Å². The predicted molar refractivity (Wildman–Crippen MR) is 76.0 cm³/mol. The van der Waals surface area contributed by atoms with Crippen molar-refractivity contribution >= 4 is 0 Å². The maximum Gasteiger partial charge on any atom is 0.130 e. The number of hydrogen-bond donors (Lipinski definition) is 1. The van der Waals surface area contributed by atoms with Gasteiger partial charge in [-0.2, -0.15) is 0 Å². The van der Waals surface area contributed by atoms with Crippen LogP contribution in [0.1, 0.15) is 25.1 Å². The lowest BCUT2D eigenvalue weighted by Gasteiger charge is -2.10. The lowest BCUT2D eigenvalue weighted by atomic mass is 10.2. The number of nitrogens with one attached hydrogen (secondary N) is 1. The maximum absolute atomic E-state index is 5.79. The Morgan fingerprint density at radius 2 is 2.21 bits per heavy atom. The van der Waals surface area contributed by atoms with Gasteiger partial charge in [-0.1, -0.05) is 26.0 Å². The van der Waals surface area contributed by atoms with Gasteiger partial charge >= 0.3 is 0 Å². The molecule has 0 fully saturated rings. The van der Waals surface area contributed by atoms with E-state index in [0.29, 0.717) is 12.6 Å². The van der Waals surface area contributed by atoms with Gasteiger partial charge in [-0.15, -0.1) is 0 Å². The second-order valence-corrected chi connectivity index (χ2v) is 4.97. The smallest absolute Gasteiger partial charge is 0.130 e. The van der Waals surface area contributed by atoms with Crippen LogP contribution in [0.2, 0.25) is 0 Å². The SMILES string of the molecule is CC(C)NCc1cccc(OCc2cncn2C)c1. The minimum Gasteiger partial charge on any atom is -0.487 e. The monoisotopic (exact) mass is 259 g/mol. The van der Waals surface area contributed by atoms with Crippen LogP contribution in [0, 0.1) is 0 Å². The van der Waals surface area contributed by atoms with E-state index < -0.39 is 0 Å². The number of hydrogen-bond acceptors (Lipinski definition) is 3. The summed E-state index contributed by atoms with van der Waals surface area (Å²) in [6.45, 7) is 5.68. The summed E-state index contributed by atoms with van der Waals surface area (Å²) in [6, 6.07) is 8.67. The lowest BCUT2D eigenvalue weighted by Crippen LogP contribution is -2.21. The van der Waals surface area contributed by atoms with E-state index >= 15 is 0 Å². The standard InChI is InChI=1S/C15H21N3O/c1-12(2)17-8-13-5-4-6-15(7-13)19-10-14-9-16-11-18(14)3/h4-7,9,11-12,17H,8,10H2,1-3H3. The molecule has 1 N–H and O–H groups in total.